The molecule has 0 fully saturated rings. The number of aryl methyl sites for hydroxylation is 1. The first-order chi connectivity index (χ1) is 8.54. The second-order valence-electron chi connectivity index (χ2n) is 3.93. The molecule has 0 aliphatic carbocycles. The van der Waals surface area contributed by atoms with Crippen molar-refractivity contribution in [3.05, 3.63) is 35.4 Å². The molecule has 0 saturated heterocycles. The molecular formula is C13H18N2O3. The molecule has 0 saturated carbocycles. The van der Waals surface area contributed by atoms with E-state index in [1.165, 1.54) is 0 Å². The van der Waals surface area contributed by atoms with Gasteiger partial charge in [-0.1, -0.05) is 29.8 Å². The minimum Gasteiger partial charge on any atom is -0.464 e. The van der Waals surface area contributed by atoms with Crippen LogP contribution in [0.15, 0.2) is 24.3 Å². The van der Waals surface area contributed by atoms with Crippen LogP contribution in [-0.4, -0.2) is 24.5 Å². The zero-order valence-corrected chi connectivity index (χ0v) is 10.6. The van der Waals surface area contributed by atoms with Crippen molar-refractivity contribution in [1.29, 1.82) is 0 Å². The average molecular weight is 250 g/mol. The highest BCUT2D eigenvalue weighted by Crippen LogP contribution is 2.02. The van der Waals surface area contributed by atoms with Crippen molar-refractivity contribution in [2.24, 2.45) is 5.73 Å². The van der Waals surface area contributed by atoms with E-state index in [-0.39, 0.29) is 6.61 Å². The molecule has 1 unspecified atom stereocenters. The molecule has 1 amide bonds. The molecule has 0 bridgehead atoms. The molecule has 98 valence electrons. The number of rotatable bonds is 5. The molecule has 1 aromatic rings. The van der Waals surface area contributed by atoms with Gasteiger partial charge in [0, 0.05) is 6.54 Å². The summed E-state index contributed by atoms with van der Waals surface area (Å²) in [6, 6.07) is 6.45. The van der Waals surface area contributed by atoms with Crippen LogP contribution < -0.4 is 11.1 Å². The molecule has 1 atom stereocenters. The zero-order chi connectivity index (χ0) is 13.5. The van der Waals surface area contributed by atoms with Gasteiger partial charge in [0.1, 0.15) is 0 Å². The van der Waals surface area contributed by atoms with Crippen LogP contribution in [0.2, 0.25) is 0 Å². The number of carbonyl (C=O) groups excluding carboxylic acids is 2. The van der Waals surface area contributed by atoms with E-state index < -0.39 is 17.9 Å². The lowest BCUT2D eigenvalue weighted by Crippen LogP contribution is -2.46. The maximum absolute atomic E-state index is 11.6. The number of amides is 1. The summed E-state index contributed by atoms with van der Waals surface area (Å²) < 4.78 is 4.67. The van der Waals surface area contributed by atoms with Gasteiger partial charge >= 0.3 is 5.97 Å². The van der Waals surface area contributed by atoms with E-state index in [1.807, 2.05) is 31.2 Å². The van der Waals surface area contributed by atoms with Gasteiger partial charge < -0.3 is 15.8 Å². The van der Waals surface area contributed by atoms with Crippen molar-refractivity contribution in [3.63, 3.8) is 0 Å². The number of nitrogens with two attached hydrogens (primary N) is 1. The van der Waals surface area contributed by atoms with Crippen LogP contribution in [0.5, 0.6) is 0 Å². The highest BCUT2D eigenvalue weighted by molar-refractivity contribution is 6.01. The van der Waals surface area contributed by atoms with Crippen LogP contribution >= 0.6 is 0 Å². The lowest BCUT2D eigenvalue weighted by Gasteiger charge is -2.11. The van der Waals surface area contributed by atoms with E-state index in [2.05, 4.69) is 10.1 Å². The fourth-order valence-electron chi connectivity index (χ4n) is 1.34. The Labute approximate surface area is 106 Å². The molecule has 0 aromatic heterocycles. The SMILES string of the molecule is CCOC(=O)C(N)C(=O)NCc1ccc(C)cc1. The van der Waals surface area contributed by atoms with Crippen molar-refractivity contribution in [2.75, 3.05) is 6.61 Å². The molecule has 1 aromatic carbocycles. The van der Waals surface area contributed by atoms with Crippen LogP contribution in [0.3, 0.4) is 0 Å². The van der Waals surface area contributed by atoms with Crippen molar-refractivity contribution in [1.82, 2.24) is 5.32 Å². The van der Waals surface area contributed by atoms with E-state index in [0.29, 0.717) is 6.54 Å². The molecule has 0 radical (unpaired) electrons. The lowest BCUT2D eigenvalue weighted by molar-refractivity contribution is -0.148. The van der Waals surface area contributed by atoms with Crippen molar-refractivity contribution in [2.45, 2.75) is 26.4 Å². The molecule has 0 aliphatic rings. The smallest absolute Gasteiger partial charge is 0.332 e. The summed E-state index contributed by atoms with van der Waals surface area (Å²) in [7, 11) is 0. The summed E-state index contributed by atoms with van der Waals surface area (Å²) >= 11 is 0. The van der Waals surface area contributed by atoms with Gasteiger partial charge in [0.15, 0.2) is 6.04 Å². The average Bonchev–Trinajstić information content (AvgIpc) is 2.37. The van der Waals surface area contributed by atoms with Crippen molar-refractivity contribution >= 4 is 11.9 Å². The van der Waals surface area contributed by atoms with Gasteiger partial charge in [-0.25, -0.2) is 4.79 Å². The van der Waals surface area contributed by atoms with Crippen molar-refractivity contribution in [3.8, 4) is 0 Å². The highest BCUT2D eigenvalue weighted by Gasteiger charge is 2.22. The fourth-order valence-corrected chi connectivity index (χ4v) is 1.34. The summed E-state index contributed by atoms with van der Waals surface area (Å²) in [6.07, 6.45) is 0. The number of ether oxygens (including phenoxy) is 1. The third-order valence-corrected chi connectivity index (χ3v) is 2.41. The van der Waals surface area contributed by atoms with E-state index >= 15 is 0 Å². The molecule has 3 N–H and O–H groups in total. The molecule has 18 heavy (non-hydrogen) atoms. The Morgan fingerprint density at radius 3 is 2.50 bits per heavy atom. The van der Waals surface area contributed by atoms with Crippen LogP contribution in [-0.2, 0) is 20.9 Å². The number of esters is 1. The second kappa shape index (κ2) is 6.76. The van der Waals surface area contributed by atoms with Crippen LogP contribution in [0, 0.1) is 6.92 Å². The number of nitrogens with one attached hydrogen (secondary N) is 1. The number of carbonyl (C=O) groups is 2. The van der Waals surface area contributed by atoms with Gasteiger partial charge in [0.25, 0.3) is 0 Å². The third-order valence-electron chi connectivity index (χ3n) is 2.41. The first kappa shape index (κ1) is 14.2. The lowest BCUT2D eigenvalue weighted by atomic mass is 10.1. The summed E-state index contributed by atoms with van der Waals surface area (Å²) in [5.41, 5.74) is 7.54. The predicted molar refractivity (Wildman–Crippen MR) is 67.6 cm³/mol. The molecule has 5 heteroatoms. The molecule has 0 aliphatic heterocycles. The first-order valence-electron chi connectivity index (χ1n) is 5.80. The molecule has 1 rings (SSSR count). The maximum atomic E-state index is 11.6. The minimum atomic E-state index is -1.27. The van der Waals surface area contributed by atoms with Crippen LogP contribution in [0.1, 0.15) is 18.1 Å². The Balaban J connectivity index is 2.45. The monoisotopic (exact) mass is 250 g/mol. The number of hydrogen-bond acceptors (Lipinski definition) is 4. The molecule has 0 heterocycles. The van der Waals surface area contributed by atoms with Gasteiger partial charge in [0.05, 0.1) is 6.61 Å². The van der Waals surface area contributed by atoms with Gasteiger partial charge in [0.2, 0.25) is 5.91 Å². The van der Waals surface area contributed by atoms with Gasteiger partial charge in [-0.2, -0.15) is 0 Å². The predicted octanol–water partition coefficient (Wildman–Crippen LogP) is 0.502. The van der Waals surface area contributed by atoms with Crippen molar-refractivity contribution < 1.29 is 14.3 Å². The maximum Gasteiger partial charge on any atom is 0.332 e. The highest BCUT2D eigenvalue weighted by atomic mass is 16.5. The fraction of sp³-hybridized carbons (Fsp3) is 0.385. The third kappa shape index (κ3) is 4.18. The largest absolute Gasteiger partial charge is 0.464 e. The van der Waals surface area contributed by atoms with Crippen LogP contribution in [0.4, 0.5) is 0 Å². The topological polar surface area (TPSA) is 81.4 Å². The Hall–Kier alpha value is -1.88. The molecule has 5 nitrogen and oxygen atoms in total. The normalized spacial score (nSPS) is 11.7. The minimum absolute atomic E-state index is 0.206. The first-order valence-corrected chi connectivity index (χ1v) is 5.80. The number of benzene rings is 1. The number of hydrogen-bond donors (Lipinski definition) is 2. The van der Waals surface area contributed by atoms with E-state index in [0.717, 1.165) is 11.1 Å². The van der Waals surface area contributed by atoms with Gasteiger partial charge in [-0.3, -0.25) is 4.79 Å². The van der Waals surface area contributed by atoms with E-state index in [9.17, 15) is 9.59 Å². The molecular weight excluding hydrogens is 232 g/mol. The quantitative estimate of drug-likeness (QED) is 0.589. The summed E-state index contributed by atoms with van der Waals surface area (Å²) in [5, 5.41) is 2.59. The summed E-state index contributed by atoms with van der Waals surface area (Å²) in [6.45, 7) is 4.19. The van der Waals surface area contributed by atoms with E-state index in [1.54, 1.807) is 6.92 Å². The van der Waals surface area contributed by atoms with E-state index in [4.69, 9.17) is 5.73 Å². The Kier molecular flexibility index (Phi) is 5.32. The van der Waals surface area contributed by atoms with Crippen LogP contribution in [0.25, 0.3) is 0 Å². The second-order valence-corrected chi connectivity index (χ2v) is 3.93. The Bertz CT molecular complexity index is 415. The van der Waals surface area contributed by atoms with Gasteiger partial charge in [-0.05, 0) is 19.4 Å². The Morgan fingerprint density at radius 2 is 1.94 bits per heavy atom. The zero-order valence-electron chi connectivity index (χ0n) is 10.6. The standard InChI is InChI=1S/C13H18N2O3/c1-3-18-13(17)11(14)12(16)15-8-10-6-4-9(2)5-7-10/h4-7,11H,3,8,14H2,1-2H3,(H,15,16). The van der Waals surface area contributed by atoms with Gasteiger partial charge in [-0.15, -0.1) is 0 Å². The summed E-state index contributed by atoms with van der Waals surface area (Å²) in [4.78, 5) is 22.8. The summed E-state index contributed by atoms with van der Waals surface area (Å²) in [5.74, 6) is -1.24. The Morgan fingerprint density at radius 1 is 1.33 bits per heavy atom. The molecule has 0 spiro atoms.